The molecule has 9 N–H and O–H groups in total. The highest BCUT2D eigenvalue weighted by molar-refractivity contribution is 6.01. The number of fused-ring (bicyclic) bond motifs is 1. The molecule has 0 radical (unpaired) electrons. The SMILES string of the molecule is CC[C@H](C)[C@H](NC(C)=O)C(=O)N[C@@H](CCC(=O)O)C(=O)NC(C(=O)N[C@@H](CC(=O)O)C(=O)Nc1ccc2c(C(F)(F)F)cc(=O)oc2c1)[C@@H](C)O.O=C(O)C(F)(F)F. The van der Waals surface area contributed by atoms with Crippen LogP contribution >= 0.6 is 0 Å². The first-order valence-corrected chi connectivity index (χ1v) is 16.6. The lowest BCUT2D eigenvalue weighted by Gasteiger charge is -2.28. The van der Waals surface area contributed by atoms with Crippen molar-refractivity contribution in [3.8, 4) is 0 Å². The van der Waals surface area contributed by atoms with Crippen LogP contribution in [0.2, 0.25) is 0 Å². The van der Waals surface area contributed by atoms with Crippen molar-refractivity contribution in [3.63, 3.8) is 0 Å². The van der Waals surface area contributed by atoms with Gasteiger partial charge in [0.2, 0.25) is 29.5 Å². The zero-order valence-corrected chi connectivity index (χ0v) is 30.7. The Kier molecular flexibility index (Phi) is 18.3. The van der Waals surface area contributed by atoms with Crippen molar-refractivity contribution in [2.45, 2.75) is 96.0 Å². The van der Waals surface area contributed by atoms with Gasteiger partial charge in [-0.3, -0.25) is 33.6 Å². The molecule has 0 saturated carbocycles. The van der Waals surface area contributed by atoms with Gasteiger partial charge in [-0.15, -0.1) is 0 Å². The van der Waals surface area contributed by atoms with Gasteiger partial charge in [0.25, 0.3) is 0 Å². The number of hydrogen-bond acceptors (Lipinski definition) is 11. The standard InChI is InChI=1S/C31H38F3N5O12.C2HF3O2/c1-5-13(2)25(35-15(4)41)29(49)37-19(8-9-22(42)43)27(47)39-26(14(3)40)30(50)38-20(12-23(44)45)28(48)36-16-6-7-17-18(31(32,33)34)11-24(46)51-21(17)10-16;3-2(4,5)1(6)7/h6-7,10-11,13-14,19-20,25-26,40H,5,8-9,12H2,1-4H3,(H,35,41)(H,36,48)(H,37,49)(H,38,50)(H,39,47)(H,42,43)(H,44,45);(H,6,7)/t13-,14+,19-,20-,25-,26?;/m0./s1. The van der Waals surface area contributed by atoms with Crippen LogP contribution in [0.25, 0.3) is 11.0 Å². The predicted molar refractivity (Wildman–Crippen MR) is 183 cm³/mol. The molecule has 1 unspecified atom stereocenters. The summed E-state index contributed by atoms with van der Waals surface area (Å²) >= 11 is 0. The quantitative estimate of drug-likeness (QED) is 0.0797. The Hall–Kier alpha value is -6.27. The van der Waals surface area contributed by atoms with Crippen molar-refractivity contribution in [1.29, 1.82) is 0 Å². The summed E-state index contributed by atoms with van der Waals surface area (Å²) in [4.78, 5) is 108. The van der Waals surface area contributed by atoms with Crippen LogP contribution in [0.15, 0.2) is 33.5 Å². The van der Waals surface area contributed by atoms with Crippen LogP contribution in [0.3, 0.4) is 0 Å². The molecule has 0 aliphatic rings. The molecule has 1 aromatic heterocycles. The lowest BCUT2D eigenvalue weighted by Crippen LogP contribution is -2.61. The van der Waals surface area contributed by atoms with Gasteiger partial charge in [0, 0.05) is 36.6 Å². The normalized spacial score (nSPS) is 14.5. The van der Waals surface area contributed by atoms with Crippen LogP contribution in [0.1, 0.15) is 58.9 Å². The van der Waals surface area contributed by atoms with Crippen LogP contribution in [0, 0.1) is 5.92 Å². The highest BCUT2D eigenvalue weighted by Crippen LogP contribution is 2.34. The number of rotatable bonds is 17. The number of alkyl halides is 6. The lowest BCUT2D eigenvalue weighted by molar-refractivity contribution is -0.192. The van der Waals surface area contributed by atoms with Crippen LogP contribution in [-0.4, -0.2) is 104 Å². The molecule has 1 heterocycles. The topological polar surface area (TPSA) is 308 Å². The van der Waals surface area contributed by atoms with E-state index in [-0.39, 0.29) is 11.8 Å². The maximum Gasteiger partial charge on any atom is 0.490 e. The fraction of sp³-hybridized carbons (Fsp3) is 0.485. The number of carbonyl (C=O) groups excluding carboxylic acids is 5. The van der Waals surface area contributed by atoms with Crippen molar-refractivity contribution in [2.24, 2.45) is 5.92 Å². The van der Waals surface area contributed by atoms with Gasteiger partial charge in [0.1, 0.15) is 29.8 Å². The third-order valence-corrected chi connectivity index (χ3v) is 7.77. The third kappa shape index (κ3) is 16.1. The van der Waals surface area contributed by atoms with E-state index >= 15 is 0 Å². The molecule has 25 heteroatoms. The number of aliphatic carboxylic acids is 3. The van der Waals surface area contributed by atoms with E-state index < -0.39 is 137 Å². The minimum Gasteiger partial charge on any atom is -0.481 e. The van der Waals surface area contributed by atoms with Gasteiger partial charge >= 0.3 is 35.9 Å². The molecule has 0 saturated heterocycles. The van der Waals surface area contributed by atoms with Gasteiger partial charge in [-0.2, -0.15) is 26.3 Å². The Balaban J connectivity index is 0.00000219. The van der Waals surface area contributed by atoms with Crippen LogP contribution in [0.5, 0.6) is 0 Å². The molecule has 5 amide bonds. The summed E-state index contributed by atoms with van der Waals surface area (Å²) in [6, 6.07) is -3.54. The first kappa shape index (κ1) is 49.7. The summed E-state index contributed by atoms with van der Waals surface area (Å²) in [6.07, 6.45) is -13.5. The Morgan fingerprint density at radius 3 is 1.78 bits per heavy atom. The molecular weight excluding hydrogens is 804 g/mol. The van der Waals surface area contributed by atoms with E-state index in [2.05, 4.69) is 26.6 Å². The summed E-state index contributed by atoms with van der Waals surface area (Å²) in [5.41, 5.74) is -3.47. The predicted octanol–water partition coefficient (Wildman–Crippen LogP) is 1.11. The molecule has 0 aliphatic heterocycles. The number of carboxylic acid groups (broad SMARTS) is 3. The second-order valence-electron chi connectivity index (χ2n) is 12.4. The summed E-state index contributed by atoms with van der Waals surface area (Å²) in [6.45, 7) is 5.59. The van der Waals surface area contributed by atoms with Crippen molar-refractivity contribution in [1.82, 2.24) is 21.3 Å². The zero-order chi connectivity index (χ0) is 44.9. The maximum absolute atomic E-state index is 13.4. The van der Waals surface area contributed by atoms with Crippen molar-refractivity contribution in [2.75, 3.05) is 5.32 Å². The number of aliphatic hydroxyl groups is 1. The minimum atomic E-state index is -5.08. The second-order valence-corrected chi connectivity index (χ2v) is 12.4. The van der Waals surface area contributed by atoms with Crippen LogP contribution < -0.4 is 32.2 Å². The smallest absolute Gasteiger partial charge is 0.481 e. The van der Waals surface area contributed by atoms with E-state index in [4.69, 9.17) is 14.3 Å². The Morgan fingerprint density at radius 1 is 0.759 bits per heavy atom. The molecular formula is C33H39F6N5O14. The lowest BCUT2D eigenvalue weighted by atomic mass is 9.97. The van der Waals surface area contributed by atoms with E-state index in [0.717, 1.165) is 32.0 Å². The highest BCUT2D eigenvalue weighted by atomic mass is 19.4. The molecule has 0 spiro atoms. The van der Waals surface area contributed by atoms with Crippen molar-refractivity contribution >= 4 is 64.1 Å². The monoisotopic (exact) mass is 843 g/mol. The van der Waals surface area contributed by atoms with Gasteiger partial charge in [0.15, 0.2) is 0 Å². The Morgan fingerprint density at radius 2 is 1.31 bits per heavy atom. The number of benzene rings is 1. The molecule has 6 atom stereocenters. The van der Waals surface area contributed by atoms with Gasteiger partial charge < -0.3 is 51.4 Å². The molecule has 19 nitrogen and oxygen atoms in total. The van der Waals surface area contributed by atoms with E-state index in [1.807, 2.05) is 0 Å². The fourth-order valence-corrected chi connectivity index (χ4v) is 4.73. The van der Waals surface area contributed by atoms with E-state index in [0.29, 0.717) is 6.42 Å². The largest absolute Gasteiger partial charge is 0.490 e. The average Bonchev–Trinajstić information content (AvgIpc) is 3.08. The van der Waals surface area contributed by atoms with Crippen molar-refractivity contribution in [3.05, 3.63) is 40.2 Å². The molecule has 0 aliphatic carbocycles. The molecule has 0 fully saturated rings. The van der Waals surface area contributed by atoms with Gasteiger partial charge in [-0.25, -0.2) is 9.59 Å². The number of hydrogen-bond donors (Lipinski definition) is 9. The fourth-order valence-electron chi connectivity index (χ4n) is 4.73. The molecule has 2 rings (SSSR count). The number of nitrogens with one attached hydrogen (secondary N) is 5. The van der Waals surface area contributed by atoms with E-state index in [1.54, 1.807) is 13.8 Å². The summed E-state index contributed by atoms with van der Waals surface area (Å²) < 4.78 is 76.7. The molecule has 322 valence electrons. The second kappa shape index (κ2) is 21.3. The first-order chi connectivity index (χ1) is 26.6. The molecule has 2 aromatic rings. The summed E-state index contributed by atoms with van der Waals surface area (Å²) in [7, 11) is 0. The number of anilines is 1. The van der Waals surface area contributed by atoms with Gasteiger partial charge in [-0.1, -0.05) is 20.3 Å². The van der Waals surface area contributed by atoms with Crippen LogP contribution in [0.4, 0.5) is 32.0 Å². The molecule has 0 bridgehead atoms. The number of carboxylic acids is 3. The molecule has 58 heavy (non-hydrogen) atoms. The Bertz CT molecular complexity index is 1920. The molecule has 1 aromatic carbocycles. The van der Waals surface area contributed by atoms with E-state index in [1.165, 1.54) is 0 Å². The van der Waals surface area contributed by atoms with Gasteiger partial charge in [0.05, 0.1) is 18.1 Å². The highest BCUT2D eigenvalue weighted by Gasteiger charge is 2.39. The number of aliphatic hydroxyl groups excluding tert-OH is 1. The summed E-state index contributed by atoms with van der Waals surface area (Å²) in [5.74, 6) is -11.2. The number of amides is 5. The first-order valence-electron chi connectivity index (χ1n) is 16.6. The third-order valence-electron chi connectivity index (χ3n) is 7.77. The van der Waals surface area contributed by atoms with E-state index in [9.17, 15) is 80.0 Å². The van der Waals surface area contributed by atoms with Gasteiger partial charge in [-0.05, 0) is 31.4 Å². The minimum absolute atomic E-state index is 0.244. The number of halogens is 6. The van der Waals surface area contributed by atoms with Crippen molar-refractivity contribution < 1.29 is 89.5 Å². The summed E-state index contributed by atoms with van der Waals surface area (Å²) in [5, 5.41) is 46.7. The zero-order valence-electron chi connectivity index (χ0n) is 30.7. The van der Waals surface area contributed by atoms with Crippen LogP contribution in [-0.2, 0) is 44.5 Å². The average molecular weight is 844 g/mol. The maximum atomic E-state index is 13.4. The Labute approximate surface area is 322 Å². The number of carbonyl (C=O) groups is 8.